The molecule has 1 aromatic heterocycles. The largest absolute Gasteiger partial charge is 0.471 e. The molecular weight excluding hydrogens is 220 g/mol. The maximum absolute atomic E-state index is 6.03. The van der Waals surface area contributed by atoms with Gasteiger partial charge in [-0.1, -0.05) is 13.8 Å². The van der Waals surface area contributed by atoms with E-state index in [9.17, 15) is 0 Å². The lowest BCUT2D eigenvalue weighted by atomic mass is 9.95. The average molecular weight is 240 g/mol. The first-order valence-electron chi connectivity index (χ1n) is 5.94. The zero-order chi connectivity index (χ0) is 11.6. The summed E-state index contributed by atoms with van der Waals surface area (Å²) < 4.78 is 6.03. The topological polar surface area (TPSA) is 34.1 Å². The lowest BCUT2D eigenvalue weighted by molar-refractivity contribution is 0.0513. The summed E-state index contributed by atoms with van der Waals surface area (Å²) >= 11 is 1.69. The van der Waals surface area contributed by atoms with E-state index in [1.54, 1.807) is 11.3 Å². The van der Waals surface area contributed by atoms with Crippen molar-refractivity contribution in [1.82, 2.24) is 10.3 Å². The molecule has 0 radical (unpaired) electrons. The van der Waals surface area contributed by atoms with Crippen LogP contribution in [0.5, 0.6) is 5.88 Å². The highest BCUT2D eigenvalue weighted by Crippen LogP contribution is 2.29. The lowest BCUT2D eigenvalue weighted by Crippen LogP contribution is -2.43. The van der Waals surface area contributed by atoms with E-state index in [1.165, 1.54) is 0 Å². The summed E-state index contributed by atoms with van der Waals surface area (Å²) in [4.78, 5) is 4.52. The molecule has 3 nitrogen and oxygen atoms in total. The first-order chi connectivity index (χ1) is 7.59. The van der Waals surface area contributed by atoms with Gasteiger partial charge in [0.2, 0.25) is 5.88 Å². The van der Waals surface area contributed by atoms with Crippen LogP contribution in [0.15, 0.2) is 5.38 Å². The molecule has 0 atom stereocenters. The Morgan fingerprint density at radius 1 is 1.44 bits per heavy atom. The molecule has 1 saturated heterocycles. The van der Waals surface area contributed by atoms with Gasteiger partial charge >= 0.3 is 0 Å². The van der Waals surface area contributed by atoms with Crippen LogP contribution in [0.1, 0.15) is 44.5 Å². The van der Waals surface area contributed by atoms with Crippen LogP contribution in [-0.2, 0) is 0 Å². The minimum Gasteiger partial charge on any atom is -0.471 e. The lowest BCUT2D eigenvalue weighted by Gasteiger charge is -2.33. The summed E-state index contributed by atoms with van der Waals surface area (Å²) in [5.74, 6) is 1.29. The standard InChI is InChI=1S/C12H20N2OS/c1-9(2)11-14-10(8-16-11)15-12(3)4-6-13-7-5-12/h8-9,13H,4-7H2,1-3H3. The number of aromatic nitrogens is 1. The summed E-state index contributed by atoms with van der Waals surface area (Å²) in [6.45, 7) is 8.58. The SMILES string of the molecule is CC(C)c1nc(OC2(C)CCNCC2)cs1. The third-order valence-corrected chi connectivity index (χ3v) is 4.13. The summed E-state index contributed by atoms with van der Waals surface area (Å²) in [5.41, 5.74) is -0.0342. The Hall–Kier alpha value is -0.610. The first-order valence-corrected chi connectivity index (χ1v) is 6.82. The van der Waals surface area contributed by atoms with Gasteiger partial charge in [0.15, 0.2) is 0 Å². The van der Waals surface area contributed by atoms with Gasteiger partial charge in [-0.15, -0.1) is 11.3 Å². The first kappa shape index (κ1) is 11.9. The van der Waals surface area contributed by atoms with Crippen LogP contribution in [0.3, 0.4) is 0 Å². The Morgan fingerprint density at radius 3 is 2.69 bits per heavy atom. The van der Waals surface area contributed by atoms with Crippen molar-refractivity contribution >= 4 is 11.3 Å². The van der Waals surface area contributed by atoms with E-state index in [2.05, 4.69) is 31.1 Å². The molecular formula is C12H20N2OS. The van der Waals surface area contributed by atoms with Crippen LogP contribution < -0.4 is 10.1 Å². The van der Waals surface area contributed by atoms with Gasteiger partial charge in [-0.3, -0.25) is 0 Å². The second-order valence-electron chi connectivity index (χ2n) is 4.98. The quantitative estimate of drug-likeness (QED) is 0.882. The van der Waals surface area contributed by atoms with Gasteiger partial charge < -0.3 is 10.1 Å². The highest BCUT2D eigenvalue weighted by Gasteiger charge is 2.29. The van der Waals surface area contributed by atoms with Gasteiger partial charge in [-0.05, 0) is 32.9 Å². The Kier molecular flexibility index (Phi) is 3.50. The molecule has 0 amide bonds. The van der Waals surface area contributed by atoms with Crippen LogP contribution in [0.4, 0.5) is 0 Å². The van der Waals surface area contributed by atoms with Crippen molar-refractivity contribution in [1.29, 1.82) is 0 Å². The Morgan fingerprint density at radius 2 is 2.12 bits per heavy atom. The fourth-order valence-electron chi connectivity index (χ4n) is 1.89. The van der Waals surface area contributed by atoms with Crippen LogP contribution in [0.25, 0.3) is 0 Å². The average Bonchev–Trinajstić information content (AvgIpc) is 2.66. The second kappa shape index (κ2) is 4.72. The number of hydrogen-bond acceptors (Lipinski definition) is 4. The maximum atomic E-state index is 6.03. The van der Waals surface area contributed by atoms with Crippen LogP contribution in [-0.4, -0.2) is 23.7 Å². The van der Waals surface area contributed by atoms with Crippen LogP contribution in [0.2, 0.25) is 0 Å². The molecule has 1 aliphatic rings. The van der Waals surface area contributed by atoms with E-state index in [0.29, 0.717) is 5.92 Å². The molecule has 0 unspecified atom stereocenters. The van der Waals surface area contributed by atoms with E-state index >= 15 is 0 Å². The van der Waals surface area contributed by atoms with Crippen molar-refractivity contribution in [2.45, 2.75) is 45.1 Å². The number of thiazole rings is 1. The molecule has 1 N–H and O–H groups in total. The molecule has 0 aliphatic carbocycles. The van der Waals surface area contributed by atoms with E-state index < -0.39 is 0 Å². The van der Waals surface area contributed by atoms with Crippen molar-refractivity contribution in [2.75, 3.05) is 13.1 Å². The van der Waals surface area contributed by atoms with Crippen molar-refractivity contribution in [3.8, 4) is 5.88 Å². The molecule has 0 spiro atoms. The molecule has 0 aromatic carbocycles. The van der Waals surface area contributed by atoms with Crippen molar-refractivity contribution in [3.05, 3.63) is 10.4 Å². The number of piperidine rings is 1. The zero-order valence-corrected chi connectivity index (χ0v) is 11.1. The van der Waals surface area contributed by atoms with E-state index in [4.69, 9.17) is 4.74 Å². The van der Waals surface area contributed by atoms with Crippen molar-refractivity contribution < 1.29 is 4.74 Å². The van der Waals surface area contributed by atoms with Gasteiger partial charge in [0.25, 0.3) is 0 Å². The minimum absolute atomic E-state index is 0.0342. The number of ether oxygens (including phenoxy) is 1. The molecule has 2 heterocycles. The molecule has 90 valence electrons. The second-order valence-corrected chi connectivity index (χ2v) is 5.87. The summed E-state index contributed by atoms with van der Waals surface area (Å²) in [6.07, 6.45) is 2.11. The molecule has 2 rings (SSSR count). The highest BCUT2D eigenvalue weighted by atomic mass is 32.1. The number of rotatable bonds is 3. The molecule has 0 saturated carbocycles. The molecule has 0 bridgehead atoms. The van der Waals surface area contributed by atoms with Crippen molar-refractivity contribution in [3.63, 3.8) is 0 Å². The third kappa shape index (κ3) is 2.74. The highest BCUT2D eigenvalue weighted by molar-refractivity contribution is 7.09. The van der Waals surface area contributed by atoms with Gasteiger partial charge in [0.1, 0.15) is 5.60 Å². The molecule has 1 fully saturated rings. The molecule has 1 aliphatic heterocycles. The molecule has 4 heteroatoms. The predicted octanol–water partition coefficient (Wildman–Crippen LogP) is 2.79. The van der Waals surface area contributed by atoms with Crippen molar-refractivity contribution in [2.24, 2.45) is 0 Å². The van der Waals surface area contributed by atoms with Crippen LogP contribution >= 0.6 is 11.3 Å². The van der Waals surface area contributed by atoms with Gasteiger partial charge in [0.05, 0.1) is 10.4 Å². The maximum Gasteiger partial charge on any atom is 0.225 e. The normalized spacial score (nSPS) is 20.0. The fourth-order valence-corrected chi connectivity index (χ4v) is 2.63. The smallest absolute Gasteiger partial charge is 0.225 e. The Balaban J connectivity index is 2.02. The third-order valence-electron chi connectivity index (χ3n) is 3.01. The van der Waals surface area contributed by atoms with Gasteiger partial charge in [0, 0.05) is 5.92 Å². The minimum atomic E-state index is -0.0342. The summed E-state index contributed by atoms with van der Waals surface area (Å²) in [6, 6.07) is 0. The fraction of sp³-hybridized carbons (Fsp3) is 0.750. The summed E-state index contributed by atoms with van der Waals surface area (Å²) in [7, 11) is 0. The Bertz CT molecular complexity index is 343. The summed E-state index contributed by atoms with van der Waals surface area (Å²) in [5, 5.41) is 6.54. The Labute approximate surface area is 101 Å². The van der Waals surface area contributed by atoms with Crippen LogP contribution in [0, 0.1) is 0 Å². The predicted molar refractivity (Wildman–Crippen MR) is 67.3 cm³/mol. The molecule has 1 aromatic rings. The number of nitrogens with zero attached hydrogens (tertiary/aromatic N) is 1. The van der Waals surface area contributed by atoms with E-state index in [-0.39, 0.29) is 5.60 Å². The molecule has 16 heavy (non-hydrogen) atoms. The van der Waals surface area contributed by atoms with Gasteiger partial charge in [-0.2, -0.15) is 0 Å². The van der Waals surface area contributed by atoms with Gasteiger partial charge in [-0.25, -0.2) is 4.98 Å². The number of nitrogens with one attached hydrogen (secondary N) is 1. The van der Waals surface area contributed by atoms with E-state index in [1.807, 2.05) is 5.38 Å². The number of hydrogen-bond donors (Lipinski definition) is 1. The van der Waals surface area contributed by atoms with E-state index in [0.717, 1.165) is 36.8 Å². The monoisotopic (exact) mass is 240 g/mol. The zero-order valence-electron chi connectivity index (χ0n) is 10.2.